The van der Waals surface area contributed by atoms with Gasteiger partial charge in [0.25, 0.3) is 5.91 Å². The Morgan fingerprint density at radius 1 is 1.45 bits per heavy atom. The first kappa shape index (κ1) is 15.5. The van der Waals surface area contributed by atoms with Crippen molar-refractivity contribution in [3.63, 3.8) is 0 Å². The summed E-state index contributed by atoms with van der Waals surface area (Å²) < 4.78 is 5.31. The van der Waals surface area contributed by atoms with Gasteiger partial charge in [-0.3, -0.25) is 4.79 Å². The van der Waals surface area contributed by atoms with Crippen LogP contribution in [0.15, 0.2) is 24.3 Å². The van der Waals surface area contributed by atoms with Crippen LogP contribution in [-0.2, 0) is 4.79 Å². The number of carbonyl (C=O) groups is 1. The lowest BCUT2D eigenvalue weighted by atomic mass is 9.90. The molecule has 5 heteroatoms. The second kappa shape index (κ2) is 6.58. The fraction of sp³-hybridized carbons (Fsp3) is 0.400. The van der Waals surface area contributed by atoms with Gasteiger partial charge in [0.15, 0.2) is 6.61 Å². The average Bonchev–Trinajstić information content (AvgIpc) is 2.45. The third-order valence-electron chi connectivity index (χ3n) is 3.12. The highest BCUT2D eigenvalue weighted by Crippen LogP contribution is 2.15. The predicted octanol–water partition coefficient (Wildman–Crippen LogP) is 1.99. The Bertz CT molecular complexity index is 569. The molecule has 0 fully saturated rings. The Morgan fingerprint density at radius 2 is 2.15 bits per heavy atom. The van der Waals surface area contributed by atoms with Gasteiger partial charge in [-0.15, -0.1) is 0 Å². The van der Waals surface area contributed by atoms with E-state index in [1.807, 2.05) is 19.9 Å². The van der Waals surface area contributed by atoms with Crippen LogP contribution in [0.25, 0.3) is 0 Å². The Labute approximate surface area is 118 Å². The average molecular weight is 271 g/mol. The number of hydrogen-bond acceptors (Lipinski definition) is 4. The number of rotatable bonds is 5. The maximum atomic E-state index is 11.8. The highest BCUT2D eigenvalue weighted by atomic mass is 16.5. The van der Waals surface area contributed by atoms with Gasteiger partial charge < -0.3 is 10.1 Å². The van der Waals surface area contributed by atoms with E-state index in [2.05, 4.69) is 11.4 Å². The van der Waals surface area contributed by atoms with Crippen molar-refractivity contribution in [2.45, 2.75) is 26.3 Å². The van der Waals surface area contributed by atoms with Crippen LogP contribution in [0, 0.1) is 28.6 Å². The quantitative estimate of drug-likeness (QED) is 0.887. The summed E-state index contributed by atoms with van der Waals surface area (Å²) in [4.78, 5) is 11.8. The van der Waals surface area contributed by atoms with Crippen LogP contribution in [0.2, 0.25) is 0 Å². The summed E-state index contributed by atoms with van der Waals surface area (Å²) in [5.41, 5.74) is -0.457. The van der Waals surface area contributed by atoms with Crippen molar-refractivity contribution in [3.05, 3.63) is 29.8 Å². The number of nitrogens with zero attached hydrogens (tertiary/aromatic N) is 2. The van der Waals surface area contributed by atoms with Crippen molar-refractivity contribution < 1.29 is 9.53 Å². The predicted molar refractivity (Wildman–Crippen MR) is 73.7 cm³/mol. The monoisotopic (exact) mass is 271 g/mol. The molecule has 0 radical (unpaired) electrons. The summed E-state index contributed by atoms with van der Waals surface area (Å²) in [6, 6.07) is 10.6. The molecule has 1 N–H and O–H groups in total. The summed E-state index contributed by atoms with van der Waals surface area (Å²) >= 11 is 0. The first-order chi connectivity index (χ1) is 9.41. The van der Waals surface area contributed by atoms with Crippen molar-refractivity contribution in [2.24, 2.45) is 5.92 Å². The first-order valence-corrected chi connectivity index (χ1v) is 6.26. The molecule has 0 aliphatic carbocycles. The normalized spacial score (nSPS) is 12.9. The summed E-state index contributed by atoms with van der Waals surface area (Å²) in [6.45, 7) is 5.20. The lowest BCUT2D eigenvalue weighted by molar-refractivity contribution is -0.124. The molecule has 1 rings (SSSR count). The van der Waals surface area contributed by atoms with Crippen LogP contribution in [0.1, 0.15) is 26.3 Å². The zero-order valence-corrected chi connectivity index (χ0v) is 11.8. The molecule has 0 heterocycles. The van der Waals surface area contributed by atoms with E-state index in [0.717, 1.165) is 0 Å². The highest BCUT2D eigenvalue weighted by molar-refractivity contribution is 5.78. The van der Waals surface area contributed by atoms with Gasteiger partial charge >= 0.3 is 0 Å². The fourth-order valence-corrected chi connectivity index (χ4v) is 1.43. The van der Waals surface area contributed by atoms with E-state index in [9.17, 15) is 4.79 Å². The molecule has 1 aromatic carbocycles. The minimum absolute atomic E-state index is 0.0154. The molecule has 5 nitrogen and oxygen atoms in total. The van der Waals surface area contributed by atoms with E-state index >= 15 is 0 Å². The molecule has 1 aromatic rings. The molecule has 0 spiro atoms. The Balaban J connectivity index is 2.60. The standard InChI is InChI=1S/C15H17N3O2/c1-11(2)15(3,10-17)18-14(19)9-20-13-6-4-5-12(7-13)8-16/h4-7,11H,9H2,1-3H3,(H,18,19)/t15-/m0/s1. The lowest BCUT2D eigenvalue weighted by Crippen LogP contribution is -2.50. The maximum absolute atomic E-state index is 11.8. The molecule has 0 saturated carbocycles. The molecule has 0 aliphatic rings. The molecule has 104 valence electrons. The van der Waals surface area contributed by atoms with Gasteiger partial charge in [0.2, 0.25) is 0 Å². The second-order valence-electron chi connectivity index (χ2n) is 4.95. The molecule has 0 aromatic heterocycles. The Kier molecular flexibility index (Phi) is 5.11. The number of ether oxygens (including phenoxy) is 1. The maximum Gasteiger partial charge on any atom is 0.259 e. The number of hydrogen-bond donors (Lipinski definition) is 1. The summed E-state index contributed by atoms with van der Waals surface area (Å²) in [6.07, 6.45) is 0. The Morgan fingerprint density at radius 3 is 2.70 bits per heavy atom. The van der Waals surface area contributed by atoms with Crippen molar-refractivity contribution >= 4 is 5.91 Å². The van der Waals surface area contributed by atoms with Gasteiger partial charge in [0.1, 0.15) is 11.3 Å². The number of amides is 1. The van der Waals surface area contributed by atoms with Crippen molar-refractivity contribution in [1.82, 2.24) is 5.32 Å². The Hall–Kier alpha value is -2.53. The molecule has 0 bridgehead atoms. The largest absolute Gasteiger partial charge is 0.484 e. The van der Waals surface area contributed by atoms with Crippen LogP contribution < -0.4 is 10.1 Å². The van der Waals surface area contributed by atoms with E-state index < -0.39 is 5.54 Å². The first-order valence-electron chi connectivity index (χ1n) is 6.26. The van der Waals surface area contributed by atoms with E-state index in [0.29, 0.717) is 11.3 Å². The van der Waals surface area contributed by atoms with Crippen LogP contribution in [0.4, 0.5) is 0 Å². The number of carbonyl (C=O) groups excluding carboxylic acids is 1. The topological polar surface area (TPSA) is 85.9 Å². The van der Waals surface area contributed by atoms with Crippen molar-refractivity contribution in [1.29, 1.82) is 10.5 Å². The van der Waals surface area contributed by atoms with E-state index in [-0.39, 0.29) is 18.4 Å². The molecule has 1 atom stereocenters. The molecular formula is C15H17N3O2. The second-order valence-corrected chi connectivity index (χ2v) is 4.95. The van der Waals surface area contributed by atoms with Gasteiger partial charge in [-0.25, -0.2) is 0 Å². The number of nitriles is 2. The van der Waals surface area contributed by atoms with Crippen molar-refractivity contribution in [3.8, 4) is 17.9 Å². The number of benzene rings is 1. The SMILES string of the molecule is CC(C)[C@](C)(C#N)NC(=O)COc1cccc(C#N)c1. The molecule has 0 unspecified atom stereocenters. The van der Waals surface area contributed by atoms with E-state index in [4.69, 9.17) is 15.3 Å². The molecule has 1 amide bonds. The molecule has 0 aliphatic heterocycles. The van der Waals surface area contributed by atoms with E-state index in [1.54, 1.807) is 31.2 Å². The smallest absolute Gasteiger partial charge is 0.259 e. The van der Waals surface area contributed by atoms with Gasteiger partial charge in [-0.05, 0) is 31.0 Å². The van der Waals surface area contributed by atoms with Crippen LogP contribution in [0.3, 0.4) is 0 Å². The molecular weight excluding hydrogens is 254 g/mol. The zero-order valence-electron chi connectivity index (χ0n) is 11.8. The van der Waals surface area contributed by atoms with Gasteiger partial charge in [0, 0.05) is 0 Å². The van der Waals surface area contributed by atoms with Gasteiger partial charge in [-0.2, -0.15) is 10.5 Å². The number of nitrogens with one attached hydrogen (secondary N) is 1. The fourth-order valence-electron chi connectivity index (χ4n) is 1.43. The van der Waals surface area contributed by atoms with E-state index in [1.165, 1.54) is 0 Å². The summed E-state index contributed by atoms with van der Waals surface area (Å²) in [5, 5.41) is 20.5. The third kappa shape index (κ3) is 4.00. The lowest BCUT2D eigenvalue weighted by Gasteiger charge is -2.27. The highest BCUT2D eigenvalue weighted by Gasteiger charge is 2.29. The summed E-state index contributed by atoms with van der Waals surface area (Å²) in [7, 11) is 0. The minimum atomic E-state index is -0.922. The minimum Gasteiger partial charge on any atom is -0.484 e. The molecule has 0 saturated heterocycles. The summed E-state index contributed by atoms with van der Waals surface area (Å²) in [5.74, 6) is 0.0610. The third-order valence-corrected chi connectivity index (χ3v) is 3.12. The molecule has 20 heavy (non-hydrogen) atoms. The van der Waals surface area contributed by atoms with Gasteiger partial charge in [0.05, 0.1) is 17.7 Å². The van der Waals surface area contributed by atoms with Crippen molar-refractivity contribution in [2.75, 3.05) is 6.61 Å². The zero-order chi connectivity index (χ0) is 15.2. The van der Waals surface area contributed by atoms with Crippen LogP contribution >= 0.6 is 0 Å². The van der Waals surface area contributed by atoms with Crippen LogP contribution in [-0.4, -0.2) is 18.1 Å². The van der Waals surface area contributed by atoms with Gasteiger partial charge in [-0.1, -0.05) is 19.9 Å². The van der Waals surface area contributed by atoms with Crippen LogP contribution in [0.5, 0.6) is 5.75 Å².